The van der Waals surface area contributed by atoms with Crippen LogP contribution in [0.15, 0.2) is 24.3 Å². The predicted octanol–water partition coefficient (Wildman–Crippen LogP) is 3.38. The highest BCUT2D eigenvalue weighted by Crippen LogP contribution is 2.24. The lowest BCUT2D eigenvalue weighted by molar-refractivity contribution is 0.0880. The van der Waals surface area contributed by atoms with Gasteiger partial charge in [0.05, 0.1) is 6.54 Å². The van der Waals surface area contributed by atoms with Crippen LogP contribution in [0.5, 0.6) is 0 Å². The lowest BCUT2D eigenvalue weighted by Gasteiger charge is -2.33. The molecular weight excluding hydrogens is 241 g/mol. The van der Waals surface area contributed by atoms with Crippen molar-refractivity contribution in [3.63, 3.8) is 0 Å². The molecule has 0 N–H and O–H groups in total. The number of hydrogen-bond donors (Lipinski definition) is 0. The van der Waals surface area contributed by atoms with Crippen LogP contribution in [0.4, 0.5) is 4.39 Å². The Kier molecular flexibility index (Phi) is 4.70. The number of likely N-dealkylation sites (tertiary alicyclic amines) is 1. The van der Waals surface area contributed by atoms with Crippen molar-refractivity contribution >= 4 is 5.78 Å². The van der Waals surface area contributed by atoms with Crippen LogP contribution in [0.1, 0.15) is 37.0 Å². The number of nitrogens with zero attached hydrogens (tertiary/aromatic N) is 1. The number of halogens is 1. The number of carbonyl (C=O) groups excluding carboxylic acids is 1. The minimum Gasteiger partial charge on any atom is -0.296 e. The van der Waals surface area contributed by atoms with Gasteiger partial charge in [0.2, 0.25) is 0 Å². The topological polar surface area (TPSA) is 20.3 Å². The van der Waals surface area contributed by atoms with Crippen molar-refractivity contribution in [3.8, 4) is 0 Å². The van der Waals surface area contributed by atoms with Crippen LogP contribution in [-0.2, 0) is 0 Å². The van der Waals surface area contributed by atoms with Crippen LogP contribution < -0.4 is 0 Å². The van der Waals surface area contributed by atoms with Gasteiger partial charge < -0.3 is 0 Å². The molecule has 1 aromatic carbocycles. The molecule has 3 heteroatoms. The molecule has 0 radical (unpaired) electrons. The van der Waals surface area contributed by atoms with Gasteiger partial charge >= 0.3 is 0 Å². The van der Waals surface area contributed by atoms with Gasteiger partial charge in [-0.05, 0) is 62.0 Å². The fraction of sp³-hybridized carbons (Fsp3) is 0.562. The zero-order valence-electron chi connectivity index (χ0n) is 11.7. The number of hydrogen-bond acceptors (Lipinski definition) is 2. The van der Waals surface area contributed by atoms with E-state index in [-0.39, 0.29) is 11.6 Å². The van der Waals surface area contributed by atoms with E-state index in [4.69, 9.17) is 0 Å². The maximum Gasteiger partial charge on any atom is 0.176 e. The van der Waals surface area contributed by atoms with Crippen molar-refractivity contribution in [2.45, 2.75) is 26.7 Å². The second-order valence-corrected chi connectivity index (χ2v) is 5.79. The molecule has 1 heterocycles. The Morgan fingerprint density at radius 1 is 1.26 bits per heavy atom. The zero-order valence-corrected chi connectivity index (χ0v) is 11.7. The normalized spacial score (nSPS) is 17.9. The van der Waals surface area contributed by atoms with E-state index in [1.807, 2.05) is 0 Å². The lowest BCUT2D eigenvalue weighted by Crippen LogP contribution is -2.38. The van der Waals surface area contributed by atoms with E-state index in [1.54, 1.807) is 12.1 Å². The third kappa shape index (κ3) is 3.87. The standard InChI is InChI=1S/C16H22FNO/c1-12(2)13-7-9-18(10-8-13)11-16(19)14-3-5-15(17)6-4-14/h3-6,12-13H,7-11H2,1-2H3. The summed E-state index contributed by atoms with van der Waals surface area (Å²) in [5.74, 6) is 1.31. The highest BCUT2D eigenvalue weighted by molar-refractivity contribution is 5.97. The summed E-state index contributed by atoms with van der Waals surface area (Å²) in [6.45, 7) is 6.98. The molecule has 104 valence electrons. The number of Topliss-reactive ketones (excluding diaryl/α,β-unsaturated/α-hetero) is 1. The predicted molar refractivity (Wildman–Crippen MR) is 74.7 cm³/mol. The molecule has 0 spiro atoms. The minimum absolute atomic E-state index is 0.0861. The van der Waals surface area contributed by atoms with Crippen LogP contribution in [0.2, 0.25) is 0 Å². The van der Waals surface area contributed by atoms with Crippen molar-refractivity contribution in [1.29, 1.82) is 0 Å². The second-order valence-electron chi connectivity index (χ2n) is 5.79. The summed E-state index contributed by atoms with van der Waals surface area (Å²) in [7, 11) is 0. The maximum atomic E-state index is 12.8. The molecule has 1 saturated heterocycles. The molecule has 0 saturated carbocycles. The Balaban J connectivity index is 1.85. The van der Waals surface area contributed by atoms with Gasteiger partial charge in [-0.2, -0.15) is 0 Å². The van der Waals surface area contributed by atoms with E-state index in [0.717, 1.165) is 24.9 Å². The largest absolute Gasteiger partial charge is 0.296 e. The highest BCUT2D eigenvalue weighted by Gasteiger charge is 2.22. The number of rotatable bonds is 4. The number of benzene rings is 1. The van der Waals surface area contributed by atoms with E-state index < -0.39 is 0 Å². The highest BCUT2D eigenvalue weighted by atomic mass is 19.1. The monoisotopic (exact) mass is 263 g/mol. The maximum absolute atomic E-state index is 12.8. The third-order valence-corrected chi connectivity index (χ3v) is 4.11. The number of piperidine rings is 1. The van der Waals surface area contributed by atoms with Crippen molar-refractivity contribution in [2.24, 2.45) is 11.8 Å². The zero-order chi connectivity index (χ0) is 13.8. The molecule has 1 aliphatic heterocycles. The number of carbonyl (C=O) groups is 1. The molecule has 0 atom stereocenters. The molecular formula is C16H22FNO. The summed E-state index contributed by atoms with van der Waals surface area (Å²) in [4.78, 5) is 14.3. The van der Waals surface area contributed by atoms with Gasteiger partial charge in [-0.15, -0.1) is 0 Å². The van der Waals surface area contributed by atoms with Crippen LogP contribution in [-0.4, -0.2) is 30.3 Å². The van der Waals surface area contributed by atoms with E-state index in [0.29, 0.717) is 12.1 Å². The van der Waals surface area contributed by atoms with Gasteiger partial charge in [-0.25, -0.2) is 4.39 Å². The van der Waals surface area contributed by atoms with Crippen LogP contribution in [0, 0.1) is 17.7 Å². The van der Waals surface area contributed by atoms with Crippen molar-refractivity contribution in [3.05, 3.63) is 35.6 Å². The molecule has 0 amide bonds. The summed E-state index contributed by atoms with van der Waals surface area (Å²) < 4.78 is 12.8. The van der Waals surface area contributed by atoms with Crippen molar-refractivity contribution in [2.75, 3.05) is 19.6 Å². The third-order valence-electron chi connectivity index (χ3n) is 4.11. The van der Waals surface area contributed by atoms with Gasteiger partial charge in [-0.3, -0.25) is 9.69 Å². The molecule has 1 fully saturated rings. The minimum atomic E-state index is -0.297. The van der Waals surface area contributed by atoms with Crippen molar-refractivity contribution < 1.29 is 9.18 Å². The first-order chi connectivity index (χ1) is 9.06. The molecule has 1 aromatic rings. The van der Waals surface area contributed by atoms with E-state index >= 15 is 0 Å². The van der Waals surface area contributed by atoms with Gasteiger partial charge in [-0.1, -0.05) is 13.8 Å². The van der Waals surface area contributed by atoms with Gasteiger partial charge in [0.25, 0.3) is 0 Å². The fourth-order valence-electron chi connectivity index (χ4n) is 2.71. The first-order valence-electron chi connectivity index (χ1n) is 7.07. The Labute approximate surface area is 114 Å². The summed E-state index contributed by atoms with van der Waals surface area (Å²) in [6.07, 6.45) is 2.35. The fourth-order valence-corrected chi connectivity index (χ4v) is 2.71. The molecule has 19 heavy (non-hydrogen) atoms. The SMILES string of the molecule is CC(C)C1CCN(CC(=O)c2ccc(F)cc2)CC1. The Morgan fingerprint density at radius 3 is 2.37 bits per heavy atom. The van der Waals surface area contributed by atoms with Crippen LogP contribution in [0.25, 0.3) is 0 Å². The van der Waals surface area contributed by atoms with Crippen LogP contribution >= 0.6 is 0 Å². The molecule has 2 rings (SSSR count). The van der Waals surface area contributed by atoms with E-state index in [2.05, 4.69) is 18.7 Å². The molecule has 0 unspecified atom stereocenters. The van der Waals surface area contributed by atoms with Gasteiger partial charge in [0, 0.05) is 5.56 Å². The Morgan fingerprint density at radius 2 is 1.84 bits per heavy atom. The average molecular weight is 263 g/mol. The smallest absolute Gasteiger partial charge is 0.176 e. The van der Waals surface area contributed by atoms with Gasteiger partial charge in [0.15, 0.2) is 5.78 Å². The lowest BCUT2D eigenvalue weighted by atomic mass is 9.86. The Hall–Kier alpha value is -1.22. The summed E-state index contributed by atoms with van der Waals surface area (Å²) >= 11 is 0. The number of ketones is 1. The van der Waals surface area contributed by atoms with E-state index in [1.165, 1.54) is 25.0 Å². The quantitative estimate of drug-likeness (QED) is 0.776. The first-order valence-corrected chi connectivity index (χ1v) is 7.07. The summed E-state index contributed by atoms with van der Waals surface area (Å²) in [5, 5.41) is 0. The average Bonchev–Trinajstić information content (AvgIpc) is 2.40. The molecule has 1 aliphatic rings. The molecule has 0 bridgehead atoms. The summed E-state index contributed by atoms with van der Waals surface area (Å²) in [6, 6.07) is 5.83. The summed E-state index contributed by atoms with van der Waals surface area (Å²) in [5.41, 5.74) is 0.604. The first kappa shape index (κ1) is 14.2. The molecule has 2 nitrogen and oxygen atoms in total. The van der Waals surface area contributed by atoms with Crippen LogP contribution in [0.3, 0.4) is 0 Å². The Bertz CT molecular complexity index is 419. The van der Waals surface area contributed by atoms with E-state index in [9.17, 15) is 9.18 Å². The van der Waals surface area contributed by atoms with Gasteiger partial charge in [0.1, 0.15) is 5.82 Å². The van der Waals surface area contributed by atoms with Crippen molar-refractivity contribution in [1.82, 2.24) is 4.90 Å². The second kappa shape index (κ2) is 6.29. The molecule has 0 aromatic heterocycles. The molecule has 0 aliphatic carbocycles.